The third-order valence-electron chi connectivity index (χ3n) is 7.62. The molecule has 4 aromatic rings. The number of nitrogens with one attached hydrogen (secondary N) is 4. The van der Waals surface area contributed by atoms with Gasteiger partial charge in [0, 0.05) is 59.5 Å². The number of hydrogen-bond acceptors (Lipinski definition) is 8. The molecule has 220 valence electrons. The van der Waals surface area contributed by atoms with Crippen molar-refractivity contribution in [3.63, 3.8) is 0 Å². The van der Waals surface area contributed by atoms with Crippen LogP contribution in [0.5, 0.6) is 0 Å². The number of carbonyl (C=O) groups is 2. The molecule has 1 fully saturated rings. The monoisotopic (exact) mass is 578 g/mol. The summed E-state index contributed by atoms with van der Waals surface area (Å²) < 4.78 is 5.40. The van der Waals surface area contributed by atoms with E-state index in [4.69, 9.17) is 4.74 Å². The first-order valence-corrected chi connectivity index (χ1v) is 14.5. The first-order chi connectivity index (χ1) is 21.1. The molecule has 0 saturated carbocycles. The lowest BCUT2D eigenvalue weighted by molar-refractivity contribution is 0.0374. The molecule has 2 aliphatic heterocycles. The third kappa shape index (κ3) is 6.51. The highest BCUT2D eigenvalue weighted by molar-refractivity contribution is 6.04. The Bertz CT molecular complexity index is 1590. The Morgan fingerprint density at radius 3 is 2.49 bits per heavy atom. The number of carbonyl (C=O) groups excluding carboxylic acids is 2. The zero-order valence-corrected chi connectivity index (χ0v) is 23.7. The number of anilines is 4. The van der Waals surface area contributed by atoms with Gasteiger partial charge in [0.15, 0.2) is 6.23 Å². The summed E-state index contributed by atoms with van der Waals surface area (Å²) in [5, 5.41) is 23.5. The Labute approximate surface area is 250 Å². The summed E-state index contributed by atoms with van der Waals surface area (Å²) in [7, 11) is 0. The van der Waals surface area contributed by atoms with Gasteiger partial charge < -0.3 is 31.1 Å². The molecule has 1 unspecified atom stereocenters. The predicted molar refractivity (Wildman–Crippen MR) is 167 cm³/mol. The average molecular weight is 579 g/mol. The van der Waals surface area contributed by atoms with Gasteiger partial charge in [0.25, 0.3) is 11.8 Å². The van der Waals surface area contributed by atoms with E-state index in [0.29, 0.717) is 34.7 Å². The number of pyridine rings is 1. The summed E-state index contributed by atoms with van der Waals surface area (Å²) in [6.07, 6.45) is 1.40. The van der Waals surface area contributed by atoms with Crippen molar-refractivity contribution < 1.29 is 19.4 Å². The van der Waals surface area contributed by atoms with Gasteiger partial charge in [-0.3, -0.25) is 14.5 Å². The SMILES string of the molecule is O=C(Nc1ccc(Nc2ccnc3c2-c2cccc(C(=O)NCCCN4CCOCC4)c2C(O)N3)cc1)c1ccccc1. The standard InChI is InChI=1S/C33H34N6O4/c40-31(22-6-2-1-3-7-22)37-24-12-10-23(11-13-24)36-27-14-16-34-30-29(27)25-8-4-9-26(28(25)33(42)38-30)32(41)35-15-5-17-39-18-20-43-21-19-39/h1-4,6-14,16,33,42H,5,15,17-21H2,(H,35,41)(H,37,40)(H2,34,36,38). The molecule has 3 aromatic carbocycles. The van der Waals surface area contributed by atoms with E-state index >= 15 is 0 Å². The minimum absolute atomic E-state index is 0.178. The molecule has 1 saturated heterocycles. The summed E-state index contributed by atoms with van der Waals surface area (Å²) in [4.78, 5) is 32.6. The van der Waals surface area contributed by atoms with E-state index < -0.39 is 6.23 Å². The topological polar surface area (TPSA) is 128 Å². The fourth-order valence-electron chi connectivity index (χ4n) is 5.44. The van der Waals surface area contributed by atoms with Crippen molar-refractivity contribution in [2.45, 2.75) is 12.6 Å². The molecule has 43 heavy (non-hydrogen) atoms. The molecule has 2 amide bonds. The van der Waals surface area contributed by atoms with Gasteiger partial charge in [-0.1, -0.05) is 30.3 Å². The number of benzene rings is 3. The summed E-state index contributed by atoms with van der Waals surface area (Å²) >= 11 is 0. The van der Waals surface area contributed by atoms with E-state index in [0.717, 1.165) is 61.8 Å². The molecule has 1 aromatic heterocycles. The van der Waals surface area contributed by atoms with Crippen molar-refractivity contribution in [2.75, 3.05) is 55.3 Å². The average Bonchev–Trinajstić information content (AvgIpc) is 3.04. The second kappa shape index (κ2) is 13.0. The van der Waals surface area contributed by atoms with Crippen molar-refractivity contribution in [3.8, 4) is 11.1 Å². The lowest BCUT2D eigenvalue weighted by atomic mass is 9.90. The highest BCUT2D eigenvalue weighted by atomic mass is 16.5. The summed E-state index contributed by atoms with van der Waals surface area (Å²) in [5.74, 6) is 0.108. The van der Waals surface area contributed by atoms with Gasteiger partial charge in [-0.2, -0.15) is 0 Å². The lowest BCUT2D eigenvalue weighted by Crippen LogP contribution is -2.38. The minimum atomic E-state index is -1.09. The highest BCUT2D eigenvalue weighted by Crippen LogP contribution is 2.44. The normalized spacial score (nSPS) is 15.9. The van der Waals surface area contributed by atoms with Gasteiger partial charge in [-0.25, -0.2) is 4.98 Å². The van der Waals surface area contributed by atoms with Crippen LogP contribution in [0.2, 0.25) is 0 Å². The molecule has 0 radical (unpaired) electrons. The van der Waals surface area contributed by atoms with Crippen LogP contribution in [0.1, 0.15) is 38.9 Å². The Kier molecular flexibility index (Phi) is 8.60. The van der Waals surface area contributed by atoms with Crippen LogP contribution in [0.4, 0.5) is 22.9 Å². The molecular formula is C33H34N6O4. The molecule has 10 nitrogen and oxygen atoms in total. The number of hydrogen-bond donors (Lipinski definition) is 5. The Hall–Kier alpha value is -4.77. The van der Waals surface area contributed by atoms with Crippen molar-refractivity contribution in [1.82, 2.24) is 15.2 Å². The number of rotatable bonds is 9. The number of aliphatic hydroxyl groups is 1. The van der Waals surface area contributed by atoms with Gasteiger partial charge in [0.1, 0.15) is 5.82 Å². The number of aromatic nitrogens is 1. The van der Waals surface area contributed by atoms with Crippen LogP contribution in [0, 0.1) is 0 Å². The van der Waals surface area contributed by atoms with Gasteiger partial charge in [0.05, 0.1) is 18.9 Å². The fourth-order valence-corrected chi connectivity index (χ4v) is 5.44. The zero-order chi connectivity index (χ0) is 29.6. The van der Waals surface area contributed by atoms with E-state index in [1.165, 1.54) is 0 Å². The summed E-state index contributed by atoms with van der Waals surface area (Å²) in [5.41, 5.74) is 5.23. The van der Waals surface area contributed by atoms with Crippen LogP contribution < -0.4 is 21.3 Å². The quantitative estimate of drug-likeness (QED) is 0.182. The first-order valence-electron chi connectivity index (χ1n) is 14.5. The zero-order valence-electron chi connectivity index (χ0n) is 23.7. The maximum absolute atomic E-state index is 13.3. The number of aliphatic hydroxyl groups excluding tert-OH is 1. The van der Waals surface area contributed by atoms with Crippen LogP contribution in [0.25, 0.3) is 11.1 Å². The highest BCUT2D eigenvalue weighted by Gasteiger charge is 2.30. The second-order valence-electron chi connectivity index (χ2n) is 10.5. The van der Waals surface area contributed by atoms with E-state index in [1.54, 1.807) is 24.4 Å². The molecule has 0 aliphatic carbocycles. The molecule has 5 N–H and O–H groups in total. The summed E-state index contributed by atoms with van der Waals surface area (Å²) in [6, 6.07) is 23.8. The van der Waals surface area contributed by atoms with Gasteiger partial charge in [-0.05, 0) is 67.1 Å². The smallest absolute Gasteiger partial charge is 0.255 e. The largest absolute Gasteiger partial charge is 0.379 e. The van der Waals surface area contributed by atoms with Crippen LogP contribution in [-0.4, -0.2) is 66.2 Å². The fraction of sp³-hybridized carbons (Fsp3) is 0.242. The number of fused-ring (bicyclic) bond motifs is 3. The first kappa shape index (κ1) is 28.4. The maximum atomic E-state index is 13.3. The minimum Gasteiger partial charge on any atom is -0.379 e. The summed E-state index contributed by atoms with van der Waals surface area (Å²) in [6.45, 7) is 4.76. The number of ether oxygens (including phenoxy) is 1. The molecule has 0 bridgehead atoms. The second-order valence-corrected chi connectivity index (χ2v) is 10.5. The van der Waals surface area contributed by atoms with Gasteiger partial charge in [-0.15, -0.1) is 0 Å². The van der Waals surface area contributed by atoms with E-state index in [1.807, 2.05) is 60.7 Å². The Balaban J connectivity index is 1.17. The molecule has 2 aliphatic rings. The Morgan fingerprint density at radius 2 is 1.70 bits per heavy atom. The Morgan fingerprint density at radius 1 is 0.930 bits per heavy atom. The predicted octanol–water partition coefficient (Wildman–Crippen LogP) is 4.61. The molecule has 10 heteroatoms. The van der Waals surface area contributed by atoms with Crippen LogP contribution >= 0.6 is 0 Å². The van der Waals surface area contributed by atoms with Crippen molar-refractivity contribution in [2.24, 2.45) is 0 Å². The van der Waals surface area contributed by atoms with Gasteiger partial charge in [0.2, 0.25) is 0 Å². The molecule has 3 heterocycles. The number of nitrogens with zero attached hydrogens (tertiary/aromatic N) is 2. The van der Waals surface area contributed by atoms with Crippen molar-refractivity contribution in [3.05, 3.63) is 102 Å². The van der Waals surface area contributed by atoms with Crippen molar-refractivity contribution >= 4 is 34.7 Å². The maximum Gasteiger partial charge on any atom is 0.255 e. The van der Waals surface area contributed by atoms with Gasteiger partial charge >= 0.3 is 0 Å². The van der Waals surface area contributed by atoms with E-state index in [-0.39, 0.29) is 11.8 Å². The number of amides is 2. The van der Waals surface area contributed by atoms with Crippen LogP contribution in [0.15, 0.2) is 85.1 Å². The molecule has 1 atom stereocenters. The molecule has 6 rings (SSSR count). The molecular weight excluding hydrogens is 544 g/mol. The van der Waals surface area contributed by atoms with Crippen LogP contribution in [-0.2, 0) is 4.74 Å². The third-order valence-corrected chi connectivity index (χ3v) is 7.62. The van der Waals surface area contributed by atoms with E-state index in [9.17, 15) is 14.7 Å². The van der Waals surface area contributed by atoms with E-state index in [2.05, 4.69) is 31.2 Å². The van der Waals surface area contributed by atoms with Crippen molar-refractivity contribution in [1.29, 1.82) is 0 Å². The number of morpholine rings is 1. The van der Waals surface area contributed by atoms with Crippen LogP contribution in [0.3, 0.4) is 0 Å². The molecule has 0 spiro atoms. The lowest BCUT2D eigenvalue weighted by Gasteiger charge is -2.29.